The lowest BCUT2D eigenvalue weighted by atomic mass is 10.1. The Bertz CT molecular complexity index is 462. The first-order valence-electron chi connectivity index (χ1n) is 6.95. The summed E-state index contributed by atoms with van der Waals surface area (Å²) < 4.78 is 14.0. The van der Waals surface area contributed by atoms with Crippen LogP contribution in [0.15, 0.2) is 18.2 Å². The highest BCUT2D eigenvalue weighted by atomic mass is 19.1. The quantitative estimate of drug-likeness (QED) is 0.843. The first kappa shape index (κ1) is 16.4. The molecule has 4 nitrogen and oxygen atoms in total. The molecule has 20 heavy (non-hydrogen) atoms. The molecule has 0 aromatic heterocycles. The lowest BCUT2D eigenvalue weighted by Crippen LogP contribution is -2.35. The van der Waals surface area contributed by atoms with Gasteiger partial charge in [-0.15, -0.1) is 0 Å². The Labute approximate surface area is 120 Å². The average Bonchev–Trinajstić information content (AvgIpc) is 2.38. The Morgan fingerprint density at radius 2 is 2.10 bits per heavy atom. The Hall–Kier alpha value is -1.62. The van der Waals surface area contributed by atoms with Crippen LogP contribution in [0.5, 0.6) is 0 Å². The van der Waals surface area contributed by atoms with Crippen LogP contribution in [0.2, 0.25) is 0 Å². The molecular weight excluding hydrogens is 257 g/mol. The van der Waals surface area contributed by atoms with Crippen molar-refractivity contribution in [3.8, 4) is 0 Å². The fraction of sp³-hybridized carbons (Fsp3) is 0.533. The molecule has 0 aliphatic carbocycles. The zero-order valence-electron chi connectivity index (χ0n) is 12.6. The van der Waals surface area contributed by atoms with Gasteiger partial charge in [-0.2, -0.15) is 0 Å². The number of hydrogen-bond acceptors (Lipinski definition) is 3. The number of amides is 1. The van der Waals surface area contributed by atoms with Gasteiger partial charge in [0.1, 0.15) is 5.82 Å². The van der Waals surface area contributed by atoms with Crippen LogP contribution >= 0.6 is 0 Å². The van der Waals surface area contributed by atoms with Crippen molar-refractivity contribution in [1.82, 2.24) is 0 Å². The summed E-state index contributed by atoms with van der Waals surface area (Å²) in [7, 11) is 1.83. The number of rotatable bonds is 6. The van der Waals surface area contributed by atoms with Crippen molar-refractivity contribution >= 4 is 17.3 Å². The zero-order valence-corrected chi connectivity index (χ0v) is 12.6. The van der Waals surface area contributed by atoms with E-state index in [0.29, 0.717) is 17.8 Å². The van der Waals surface area contributed by atoms with E-state index in [1.807, 2.05) is 32.7 Å². The molecule has 1 atom stereocenters. The van der Waals surface area contributed by atoms with Gasteiger partial charge in [-0.25, -0.2) is 4.39 Å². The minimum atomic E-state index is -0.555. The van der Waals surface area contributed by atoms with Gasteiger partial charge in [0.25, 0.3) is 0 Å². The van der Waals surface area contributed by atoms with Crippen LogP contribution in [0, 0.1) is 5.82 Å². The highest BCUT2D eigenvalue weighted by Crippen LogP contribution is 2.23. The summed E-state index contributed by atoms with van der Waals surface area (Å²) in [5, 5.41) is 2.64. The highest BCUT2D eigenvalue weighted by Gasteiger charge is 2.15. The molecule has 0 radical (unpaired) electrons. The molecule has 1 rings (SSSR count). The van der Waals surface area contributed by atoms with E-state index in [-0.39, 0.29) is 17.8 Å². The molecule has 1 aromatic rings. The van der Waals surface area contributed by atoms with E-state index in [1.165, 1.54) is 6.07 Å². The maximum Gasteiger partial charge on any atom is 0.241 e. The summed E-state index contributed by atoms with van der Waals surface area (Å²) in [6, 6.07) is 4.32. The second kappa shape index (κ2) is 7.24. The molecule has 0 aliphatic rings. The lowest BCUT2D eigenvalue weighted by Gasteiger charge is -2.24. The third-order valence-electron chi connectivity index (χ3n) is 3.31. The fourth-order valence-corrected chi connectivity index (χ4v) is 1.83. The molecule has 0 heterocycles. The molecule has 0 saturated carbocycles. The van der Waals surface area contributed by atoms with Crippen LogP contribution in [0.1, 0.15) is 33.6 Å². The third kappa shape index (κ3) is 4.20. The summed E-state index contributed by atoms with van der Waals surface area (Å²) in [5.41, 5.74) is 6.66. The maximum atomic E-state index is 14.0. The van der Waals surface area contributed by atoms with Crippen molar-refractivity contribution < 1.29 is 9.18 Å². The number of halogens is 1. The smallest absolute Gasteiger partial charge is 0.241 e. The largest absolute Gasteiger partial charge is 0.370 e. The number of hydrogen-bond donors (Lipinski definition) is 2. The summed E-state index contributed by atoms with van der Waals surface area (Å²) in [6.45, 7) is 5.93. The zero-order chi connectivity index (χ0) is 15.3. The maximum absolute atomic E-state index is 14.0. The first-order valence-corrected chi connectivity index (χ1v) is 6.95. The van der Waals surface area contributed by atoms with Gasteiger partial charge in [0.05, 0.1) is 11.7 Å². The van der Waals surface area contributed by atoms with Gasteiger partial charge >= 0.3 is 0 Å². The molecule has 5 heteroatoms. The topological polar surface area (TPSA) is 58.4 Å². The Kier molecular flexibility index (Phi) is 5.95. The Morgan fingerprint density at radius 3 is 2.60 bits per heavy atom. The molecule has 0 saturated heterocycles. The van der Waals surface area contributed by atoms with Crippen LogP contribution in [-0.4, -0.2) is 25.0 Å². The number of benzene rings is 1. The van der Waals surface area contributed by atoms with E-state index in [2.05, 4.69) is 5.32 Å². The Balaban J connectivity index is 2.80. The van der Waals surface area contributed by atoms with Crippen molar-refractivity contribution in [1.29, 1.82) is 0 Å². The molecule has 1 amide bonds. The minimum absolute atomic E-state index is 0.197. The molecular formula is C15H24FN3O. The fourth-order valence-electron chi connectivity index (χ4n) is 1.83. The highest BCUT2D eigenvalue weighted by molar-refractivity contribution is 5.94. The van der Waals surface area contributed by atoms with Crippen LogP contribution in [0.4, 0.5) is 15.8 Å². The molecule has 3 N–H and O–H groups in total. The number of anilines is 2. The molecule has 0 unspecified atom stereocenters. The number of nitrogens with zero attached hydrogens (tertiary/aromatic N) is 1. The number of carbonyl (C=O) groups is 1. The SMILES string of the molecule is CCC[C@@H](N)C(=O)Nc1ccc(N(C)C(C)C)c(F)c1. The van der Waals surface area contributed by atoms with Crippen LogP contribution in [0.25, 0.3) is 0 Å². The molecule has 0 spiro atoms. The van der Waals surface area contributed by atoms with Gasteiger partial charge < -0.3 is 16.0 Å². The lowest BCUT2D eigenvalue weighted by molar-refractivity contribution is -0.117. The molecule has 0 bridgehead atoms. The van der Waals surface area contributed by atoms with Crippen LogP contribution in [-0.2, 0) is 4.79 Å². The van der Waals surface area contributed by atoms with Crippen LogP contribution < -0.4 is 16.0 Å². The first-order chi connectivity index (χ1) is 9.36. The van der Waals surface area contributed by atoms with Crippen molar-refractivity contribution in [3.05, 3.63) is 24.0 Å². The van der Waals surface area contributed by atoms with E-state index in [4.69, 9.17) is 5.73 Å². The predicted molar refractivity (Wildman–Crippen MR) is 81.5 cm³/mol. The molecule has 0 fully saturated rings. The van der Waals surface area contributed by atoms with Crippen LogP contribution in [0.3, 0.4) is 0 Å². The third-order valence-corrected chi connectivity index (χ3v) is 3.31. The summed E-state index contributed by atoms with van der Waals surface area (Å²) in [4.78, 5) is 13.6. The number of nitrogens with two attached hydrogens (primary N) is 1. The number of carbonyl (C=O) groups excluding carboxylic acids is 1. The molecule has 0 aliphatic heterocycles. The molecule has 112 valence electrons. The van der Waals surface area contributed by atoms with Gasteiger partial charge in [0.15, 0.2) is 0 Å². The van der Waals surface area contributed by atoms with E-state index >= 15 is 0 Å². The standard InChI is InChI=1S/C15H24FN3O/c1-5-6-13(17)15(20)18-11-7-8-14(12(16)9-11)19(4)10(2)3/h7-10,13H,5-6,17H2,1-4H3,(H,18,20)/t13-/m1/s1. The van der Waals surface area contributed by atoms with Crippen molar-refractivity contribution in [2.75, 3.05) is 17.3 Å². The summed E-state index contributed by atoms with van der Waals surface area (Å²) >= 11 is 0. The van der Waals surface area contributed by atoms with E-state index in [1.54, 1.807) is 12.1 Å². The Morgan fingerprint density at radius 1 is 1.45 bits per heavy atom. The van der Waals surface area contributed by atoms with Crippen molar-refractivity contribution in [3.63, 3.8) is 0 Å². The van der Waals surface area contributed by atoms with Gasteiger partial charge in [0.2, 0.25) is 5.91 Å². The van der Waals surface area contributed by atoms with Gasteiger partial charge in [-0.3, -0.25) is 4.79 Å². The van der Waals surface area contributed by atoms with Gasteiger partial charge in [0, 0.05) is 18.8 Å². The van der Waals surface area contributed by atoms with E-state index in [9.17, 15) is 9.18 Å². The van der Waals surface area contributed by atoms with E-state index in [0.717, 1.165) is 6.42 Å². The molecule has 1 aromatic carbocycles. The minimum Gasteiger partial charge on any atom is -0.370 e. The second-order valence-electron chi connectivity index (χ2n) is 5.26. The van der Waals surface area contributed by atoms with Gasteiger partial charge in [-0.05, 0) is 38.5 Å². The summed E-state index contributed by atoms with van der Waals surface area (Å²) in [5.74, 6) is -0.640. The normalized spacial score (nSPS) is 12.3. The van der Waals surface area contributed by atoms with Crippen molar-refractivity contribution in [2.24, 2.45) is 5.73 Å². The summed E-state index contributed by atoms with van der Waals surface area (Å²) in [6.07, 6.45) is 1.45. The van der Waals surface area contributed by atoms with E-state index < -0.39 is 6.04 Å². The second-order valence-corrected chi connectivity index (χ2v) is 5.26. The van der Waals surface area contributed by atoms with Gasteiger partial charge in [-0.1, -0.05) is 13.3 Å². The monoisotopic (exact) mass is 281 g/mol. The average molecular weight is 281 g/mol. The number of nitrogens with one attached hydrogen (secondary N) is 1. The predicted octanol–water partition coefficient (Wildman–Crippen LogP) is 2.74. The van der Waals surface area contributed by atoms with Crippen molar-refractivity contribution in [2.45, 2.75) is 45.7 Å².